The van der Waals surface area contributed by atoms with Gasteiger partial charge in [-0.25, -0.2) is 0 Å². The van der Waals surface area contributed by atoms with Crippen molar-refractivity contribution in [3.05, 3.63) is 42.2 Å². The molecule has 2 rings (SSSR count). The summed E-state index contributed by atoms with van der Waals surface area (Å²) in [6.07, 6.45) is 2.95. The van der Waals surface area contributed by atoms with Crippen LogP contribution in [0.2, 0.25) is 0 Å². The van der Waals surface area contributed by atoms with Gasteiger partial charge in [0.1, 0.15) is 12.4 Å². The van der Waals surface area contributed by atoms with E-state index >= 15 is 0 Å². The van der Waals surface area contributed by atoms with Crippen molar-refractivity contribution >= 4 is 5.69 Å². The fraction of sp³-hybridized carbons (Fsp3) is 0.400. The first-order chi connectivity index (χ1) is 10.2. The van der Waals surface area contributed by atoms with E-state index in [0.717, 1.165) is 17.8 Å². The molecule has 3 N–H and O–H groups in total. The molecule has 1 heterocycles. The lowest BCUT2D eigenvalue weighted by molar-refractivity contribution is 0.105. The van der Waals surface area contributed by atoms with Crippen LogP contribution in [0.25, 0.3) is 0 Å². The van der Waals surface area contributed by atoms with Crippen molar-refractivity contribution < 1.29 is 14.9 Å². The van der Waals surface area contributed by atoms with E-state index in [4.69, 9.17) is 9.84 Å². The summed E-state index contributed by atoms with van der Waals surface area (Å²) in [7, 11) is 0. The lowest BCUT2D eigenvalue weighted by atomic mass is 10.2. The zero-order chi connectivity index (χ0) is 15.1. The fourth-order valence-electron chi connectivity index (χ4n) is 1.85. The molecule has 0 saturated heterocycles. The van der Waals surface area contributed by atoms with E-state index in [1.54, 1.807) is 6.20 Å². The van der Waals surface area contributed by atoms with Gasteiger partial charge in [0.25, 0.3) is 0 Å². The third-order valence-electron chi connectivity index (χ3n) is 3.03. The van der Waals surface area contributed by atoms with E-state index in [1.165, 1.54) is 0 Å². The van der Waals surface area contributed by atoms with Gasteiger partial charge < -0.3 is 20.3 Å². The second-order valence-corrected chi connectivity index (χ2v) is 4.71. The Balaban J connectivity index is 1.95. The average Bonchev–Trinajstić information content (AvgIpc) is 2.99. The number of aliphatic hydroxyl groups excluding tert-OH is 2. The van der Waals surface area contributed by atoms with Crippen LogP contribution in [0.15, 0.2) is 36.7 Å². The Morgan fingerprint density at radius 2 is 2.19 bits per heavy atom. The fourth-order valence-corrected chi connectivity index (χ4v) is 1.85. The molecule has 114 valence electrons. The number of ether oxygens (including phenoxy) is 1. The first-order valence-corrected chi connectivity index (χ1v) is 6.99. The highest BCUT2D eigenvalue weighted by Crippen LogP contribution is 2.24. The van der Waals surface area contributed by atoms with Crippen LogP contribution in [0, 0.1) is 0 Å². The molecule has 6 heteroatoms. The number of aryl methyl sites for hydroxylation is 1. The van der Waals surface area contributed by atoms with Crippen LogP contribution in [0.5, 0.6) is 5.75 Å². The van der Waals surface area contributed by atoms with Crippen molar-refractivity contribution in [2.75, 3.05) is 18.5 Å². The van der Waals surface area contributed by atoms with Crippen molar-refractivity contribution in [3.63, 3.8) is 0 Å². The molecular formula is C15H21N3O3. The molecule has 21 heavy (non-hydrogen) atoms. The number of anilines is 1. The zero-order valence-corrected chi connectivity index (χ0v) is 12.1. The van der Waals surface area contributed by atoms with E-state index in [9.17, 15) is 5.11 Å². The number of nitrogens with zero attached hydrogens (tertiary/aromatic N) is 2. The molecule has 0 radical (unpaired) electrons. The maximum Gasteiger partial charge on any atom is 0.142 e. The second kappa shape index (κ2) is 7.66. The molecule has 0 bridgehead atoms. The van der Waals surface area contributed by atoms with Gasteiger partial charge in [-0.3, -0.25) is 4.68 Å². The molecule has 6 nitrogen and oxygen atoms in total. The van der Waals surface area contributed by atoms with Crippen LogP contribution in [-0.4, -0.2) is 39.2 Å². The van der Waals surface area contributed by atoms with E-state index in [1.807, 2.05) is 42.1 Å². The van der Waals surface area contributed by atoms with Crippen LogP contribution < -0.4 is 10.1 Å². The number of hydrogen-bond acceptors (Lipinski definition) is 5. The molecule has 2 aromatic rings. The predicted octanol–water partition coefficient (Wildman–Crippen LogP) is 1.25. The zero-order valence-electron chi connectivity index (χ0n) is 12.1. The summed E-state index contributed by atoms with van der Waals surface area (Å²) in [4.78, 5) is 0. The summed E-state index contributed by atoms with van der Waals surface area (Å²) < 4.78 is 7.63. The summed E-state index contributed by atoms with van der Waals surface area (Å²) >= 11 is 0. The monoisotopic (exact) mass is 291 g/mol. The topological polar surface area (TPSA) is 79.5 Å². The van der Waals surface area contributed by atoms with Gasteiger partial charge in [0.05, 0.1) is 24.6 Å². The van der Waals surface area contributed by atoms with E-state index < -0.39 is 6.10 Å². The van der Waals surface area contributed by atoms with Gasteiger partial charge in [-0.05, 0) is 19.1 Å². The Hall–Kier alpha value is -2.05. The quantitative estimate of drug-likeness (QED) is 0.682. The molecule has 1 atom stereocenters. The van der Waals surface area contributed by atoms with Crippen molar-refractivity contribution in [3.8, 4) is 5.75 Å². The molecule has 0 fully saturated rings. The molecule has 0 spiro atoms. The number of aromatic nitrogens is 2. The van der Waals surface area contributed by atoms with Crippen LogP contribution in [0.1, 0.15) is 12.5 Å². The molecule has 0 amide bonds. The molecule has 0 aliphatic rings. The minimum atomic E-state index is -0.791. The second-order valence-electron chi connectivity index (χ2n) is 4.71. The highest BCUT2D eigenvalue weighted by Gasteiger charge is 2.07. The molecule has 1 aromatic heterocycles. The van der Waals surface area contributed by atoms with Crippen LogP contribution in [0.3, 0.4) is 0 Å². The Morgan fingerprint density at radius 1 is 1.38 bits per heavy atom. The van der Waals surface area contributed by atoms with Gasteiger partial charge in [-0.15, -0.1) is 0 Å². The Kier molecular flexibility index (Phi) is 5.59. The number of rotatable bonds is 8. The Morgan fingerprint density at radius 3 is 2.90 bits per heavy atom. The highest BCUT2D eigenvalue weighted by atomic mass is 16.5. The predicted molar refractivity (Wildman–Crippen MR) is 80.3 cm³/mol. The third-order valence-corrected chi connectivity index (χ3v) is 3.03. The number of nitrogens with one attached hydrogen (secondary N) is 1. The summed E-state index contributed by atoms with van der Waals surface area (Å²) in [6.45, 7) is 3.29. The van der Waals surface area contributed by atoms with Crippen molar-refractivity contribution in [1.82, 2.24) is 9.78 Å². The van der Waals surface area contributed by atoms with Gasteiger partial charge in [0.2, 0.25) is 0 Å². The molecule has 0 aliphatic carbocycles. The normalized spacial score (nSPS) is 12.1. The minimum Gasteiger partial charge on any atom is -0.487 e. The standard InChI is InChI=1S/C15H21N3O3/c1-2-18-9-12(7-17-18)11-21-15-6-4-3-5-14(15)16-8-13(20)10-19/h3-7,9,13,16,19-20H,2,8,10-11H2,1H3. The third kappa shape index (κ3) is 4.47. The molecule has 0 aliphatic heterocycles. The molecular weight excluding hydrogens is 270 g/mol. The average molecular weight is 291 g/mol. The van der Waals surface area contributed by atoms with Crippen molar-refractivity contribution in [2.45, 2.75) is 26.2 Å². The lowest BCUT2D eigenvalue weighted by Crippen LogP contribution is -2.23. The summed E-state index contributed by atoms with van der Waals surface area (Å²) in [6, 6.07) is 7.50. The Bertz CT molecular complexity index is 557. The van der Waals surface area contributed by atoms with E-state index in [2.05, 4.69) is 10.4 Å². The number of aliphatic hydroxyl groups is 2. The summed E-state index contributed by atoms with van der Waals surface area (Å²) in [5, 5.41) is 25.5. The van der Waals surface area contributed by atoms with Gasteiger partial charge in [-0.1, -0.05) is 12.1 Å². The van der Waals surface area contributed by atoms with Gasteiger partial charge in [0, 0.05) is 24.8 Å². The van der Waals surface area contributed by atoms with Crippen LogP contribution in [0.4, 0.5) is 5.69 Å². The molecule has 1 unspecified atom stereocenters. The number of benzene rings is 1. The first-order valence-electron chi connectivity index (χ1n) is 6.99. The SMILES string of the molecule is CCn1cc(COc2ccccc2NCC(O)CO)cn1. The molecule has 1 aromatic carbocycles. The van der Waals surface area contributed by atoms with Crippen molar-refractivity contribution in [1.29, 1.82) is 0 Å². The van der Waals surface area contributed by atoms with Gasteiger partial charge >= 0.3 is 0 Å². The summed E-state index contributed by atoms with van der Waals surface area (Å²) in [5.41, 5.74) is 1.79. The maximum absolute atomic E-state index is 9.38. The van der Waals surface area contributed by atoms with E-state index in [0.29, 0.717) is 12.4 Å². The highest BCUT2D eigenvalue weighted by molar-refractivity contribution is 5.56. The first kappa shape index (κ1) is 15.3. The smallest absolute Gasteiger partial charge is 0.142 e. The van der Waals surface area contributed by atoms with Crippen molar-refractivity contribution in [2.24, 2.45) is 0 Å². The number of hydrogen-bond donors (Lipinski definition) is 3. The lowest BCUT2D eigenvalue weighted by Gasteiger charge is -2.14. The number of para-hydroxylation sites is 2. The largest absolute Gasteiger partial charge is 0.487 e. The maximum atomic E-state index is 9.38. The molecule has 0 saturated carbocycles. The van der Waals surface area contributed by atoms with Gasteiger partial charge in [0.15, 0.2) is 0 Å². The van der Waals surface area contributed by atoms with Crippen LogP contribution in [-0.2, 0) is 13.2 Å². The Labute approximate surface area is 124 Å². The minimum absolute atomic E-state index is 0.268. The summed E-state index contributed by atoms with van der Waals surface area (Å²) in [5.74, 6) is 0.701. The van der Waals surface area contributed by atoms with Crippen LogP contribution >= 0.6 is 0 Å². The van der Waals surface area contributed by atoms with Gasteiger partial charge in [-0.2, -0.15) is 5.10 Å². The van der Waals surface area contributed by atoms with E-state index in [-0.39, 0.29) is 13.2 Å².